The number of hydrogen-bond donors (Lipinski definition) is 1. The average molecular weight is 376 g/mol. The van der Waals surface area contributed by atoms with Crippen LogP contribution in [0.5, 0.6) is 0 Å². The van der Waals surface area contributed by atoms with Gasteiger partial charge in [0.25, 0.3) is 0 Å². The molecular formula is C18H15Cl2N3O2. The second kappa shape index (κ2) is 6.86. The summed E-state index contributed by atoms with van der Waals surface area (Å²) in [5.74, 6) is -0.520. The van der Waals surface area contributed by atoms with Crippen molar-refractivity contribution in [3.05, 3.63) is 69.2 Å². The van der Waals surface area contributed by atoms with Crippen LogP contribution in [0.3, 0.4) is 0 Å². The summed E-state index contributed by atoms with van der Waals surface area (Å²) < 4.78 is 1.63. The van der Waals surface area contributed by atoms with Crippen molar-refractivity contribution in [2.45, 2.75) is 20.4 Å². The molecule has 128 valence electrons. The number of aromatic nitrogens is 3. The van der Waals surface area contributed by atoms with Crippen LogP contribution >= 0.6 is 23.2 Å². The van der Waals surface area contributed by atoms with E-state index in [1.54, 1.807) is 35.9 Å². The van der Waals surface area contributed by atoms with E-state index in [-0.39, 0.29) is 12.2 Å². The Hall–Kier alpha value is -2.37. The Morgan fingerprint density at radius 3 is 2.60 bits per heavy atom. The van der Waals surface area contributed by atoms with Gasteiger partial charge in [-0.25, -0.2) is 9.78 Å². The molecule has 0 unspecified atom stereocenters. The van der Waals surface area contributed by atoms with E-state index in [1.165, 1.54) is 0 Å². The van der Waals surface area contributed by atoms with E-state index in [4.69, 9.17) is 23.2 Å². The minimum absolute atomic E-state index is 0.117. The Bertz CT molecular complexity index is 950. The van der Waals surface area contributed by atoms with E-state index in [1.807, 2.05) is 19.1 Å². The minimum Gasteiger partial charge on any atom is -0.477 e. The number of nitrogens with zero attached hydrogens (tertiary/aromatic N) is 3. The number of carboxylic acid groups (broad SMARTS) is 1. The van der Waals surface area contributed by atoms with Crippen molar-refractivity contribution in [1.82, 2.24) is 14.5 Å². The van der Waals surface area contributed by atoms with Crippen molar-refractivity contribution < 1.29 is 9.90 Å². The maximum absolute atomic E-state index is 11.7. The SMILES string of the molecule is Cc1ccc(-c2nc(C)c(C(=O)O)n2Cc2cc(Cl)ccc2Cl)cn1. The molecule has 0 saturated heterocycles. The molecule has 25 heavy (non-hydrogen) atoms. The monoisotopic (exact) mass is 375 g/mol. The first kappa shape index (κ1) is 17.5. The average Bonchev–Trinajstić information content (AvgIpc) is 2.88. The molecule has 3 rings (SSSR count). The lowest BCUT2D eigenvalue weighted by Gasteiger charge is -2.12. The standard InChI is InChI=1S/C18H15Cl2N3O2/c1-10-3-4-12(8-21-10)17-22-11(2)16(18(24)25)23(17)9-13-7-14(19)5-6-15(13)20/h3-8H,9H2,1-2H3,(H,24,25). The van der Waals surface area contributed by atoms with Crippen molar-refractivity contribution in [2.24, 2.45) is 0 Å². The predicted molar refractivity (Wildman–Crippen MR) is 97.5 cm³/mol. The van der Waals surface area contributed by atoms with Gasteiger partial charge in [-0.1, -0.05) is 23.2 Å². The van der Waals surface area contributed by atoms with Gasteiger partial charge in [-0.15, -0.1) is 0 Å². The van der Waals surface area contributed by atoms with Crippen LogP contribution in [0.2, 0.25) is 10.0 Å². The number of halogens is 2. The minimum atomic E-state index is -1.05. The lowest BCUT2D eigenvalue weighted by Crippen LogP contribution is -2.12. The lowest BCUT2D eigenvalue weighted by molar-refractivity contribution is 0.0685. The highest BCUT2D eigenvalue weighted by Gasteiger charge is 2.22. The van der Waals surface area contributed by atoms with Crippen LogP contribution in [-0.4, -0.2) is 25.6 Å². The van der Waals surface area contributed by atoms with E-state index in [2.05, 4.69) is 9.97 Å². The molecule has 0 aliphatic heterocycles. The summed E-state index contributed by atoms with van der Waals surface area (Å²) in [6.45, 7) is 3.80. The molecule has 0 fully saturated rings. The molecule has 5 nitrogen and oxygen atoms in total. The van der Waals surface area contributed by atoms with Crippen molar-refractivity contribution in [3.8, 4) is 11.4 Å². The third-order valence-electron chi connectivity index (χ3n) is 3.85. The number of imidazole rings is 1. The summed E-state index contributed by atoms with van der Waals surface area (Å²) in [6.07, 6.45) is 1.68. The largest absolute Gasteiger partial charge is 0.477 e. The van der Waals surface area contributed by atoms with Gasteiger partial charge in [0.15, 0.2) is 5.69 Å². The Morgan fingerprint density at radius 1 is 1.20 bits per heavy atom. The highest BCUT2D eigenvalue weighted by atomic mass is 35.5. The fourth-order valence-electron chi connectivity index (χ4n) is 2.65. The summed E-state index contributed by atoms with van der Waals surface area (Å²) in [4.78, 5) is 20.5. The molecule has 0 atom stereocenters. The zero-order valence-corrected chi connectivity index (χ0v) is 15.1. The summed E-state index contributed by atoms with van der Waals surface area (Å²) in [7, 11) is 0. The fourth-order valence-corrected chi connectivity index (χ4v) is 3.02. The summed E-state index contributed by atoms with van der Waals surface area (Å²) >= 11 is 12.3. The summed E-state index contributed by atoms with van der Waals surface area (Å²) in [5.41, 5.74) is 2.87. The van der Waals surface area contributed by atoms with Crippen LogP contribution in [-0.2, 0) is 6.54 Å². The van der Waals surface area contributed by atoms with Gasteiger partial charge in [-0.05, 0) is 49.7 Å². The zero-order valence-electron chi connectivity index (χ0n) is 13.6. The fraction of sp³-hybridized carbons (Fsp3) is 0.167. The topological polar surface area (TPSA) is 68.0 Å². The number of aromatic carboxylic acids is 1. The second-order valence-corrected chi connectivity index (χ2v) is 6.53. The van der Waals surface area contributed by atoms with E-state index in [9.17, 15) is 9.90 Å². The maximum Gasteiger partial charge on any atom is 0.354 e. The Labute approximate surface area is 154 Å². The molecule has 2 heterocycles. The number of hydrogen-bond acceptors (Lipinski definition) is 3. The second-order valence-electron chi connectivity index (χ2n) is 5.68. The van der Waals surface area contributed by atoms with Crippen LogP contribution in [0.4, 0.5) is 0 Å². The molecule has 2 aromatic heterocycles. The van der Waals surface area contributed by atoms with Gasteiger partial charge in [0.05, 0.1) is 12.2 Å². The van der Waals surface area contributed by atoms with E-state index in [0.29, 0.717) is 21.6 Å². The molecule has 0 aliphatic rings. The Morgan fingerprint density at radius 2 is 1.96 bits per heavy atom. The smallest absolute Gasteiger partial charge is 0.354 e. The molecule has 0 spiro atoms. The molecule has 1 aromatic carbocycles. The number of aryl methyl sites for hydroxylation is 2. The quantitative estimate of drug-likeness (QED) is 0.722. The zero-order chi connectivity index (χ0) is 18.1. The summed E-state index contributed by atoms with van der Waals surface area (Å²) in [5, 5.41) is 10.7. The van der Waals surface area contributed by atoms with Crippen LogP contribution < -0.4 is 0 Å². The van der Waals surface area contributed by atoms with Crippen molar-refractivity contribution in [1.29, 1.82) is 0 Å². The molecule has 7 heteroatoms. The number of carboxylic acids is 1. The predicted octanol–water partition coefficient (Wildman–Crippen LogP) is 4.62. The summed E-state index contributed by atoms with van der Waals surface area (Å²) in [6, 6.07) is 8.83. The lowest BCUT2D eigenvalue weighted by atomic mass is 10.2. The normalized spacial score (nSPS) is 10.9. The van der Waals surface area contributed by atoms with Crippen LogP contribution in [0.15, 0.2) is 36.5 Å². The number of benzene rings is 1. The van der Waals surface area contributed by atoms with Gasteiger partial charge in [-0.2, -0.15) is 0 Å². The molecule has 0 bridgehead atoms. The van der Waals surface area contributed by atoms with Gasteiger partial charge in [0, 0.05) is 27.5 Å². The molecule has 1 N–H and O–H groups in total. The first-order valence-electron chi connectivity index (χ1n) is 7.54. The van der Waals surface area contributed by atoms with Gasteiger partial charge in [-0.3, -0.25) is 4.98 Å². The van der Waals surface area contributed by atoms with Gasteiger partial charge >= 0.3 is 5.97 Å². The van der Waals surface area contributed by atoms with Gasteiger partial charge < -0.3 is 9.67 Å². The van der Waals surface area contributed by atoms with Crippen LogP contribution in [0, 0.1) is 13.8 Å². The Kier molecular flexibility index (Phi) is 4.79. The number of pyridine rings is 1. The van der Waals surface area contributed by atoms with Gasteiger partial charge in [0.1, 0.15) is 5.82 Å². The Balaban J connectivity index is 2.17. The molecule has 3 aromatic rings. The highest BCUT2D eigenvalue weighted by molar-refractivity contribution is 6.33. The van der Waals surface area contributed by atoms with Crippen LogP contribution in [0.1, 0.15) is 27.4 Å². The molecule has 0 saturated carbocycles. The molecule has 0 aliphatic carbocycles. The van der Waals surface area contributed by atoms with E-state index < -0.39 is 5.97 Å². The molecule has 0 amide bonds. The molecule has 0 radical (unpaired) electrons. The van der Waals surface area contributed by atoms with E-state index in [0.717, 1.165) is 16.8 Å². The van der Waals surface area contributed by atoms with Crippen LogP contribution in [0.25, 0.3) is 11.4 Å². The molecular weight excluding hydrogens is 361 g/mol. The van der Waals surface area contributed by atoms with Crippen molar-refractivity contribution >= 4 is 29.2 Å². The van der Waals surface area contributed by atoms with Crippen molar-refractivity contribution in [3.63, 3.8) is 0 Å². The first-order chi connectivity index (χ1) is 11.9. The van der Waals surface area contributed by atoms with Gasteiger partial charge in [0.2, 0.25) is 0 Å². The van der Waals surface area contributed by atoms with Crippen molar-refractivity contribution in [2.75, 3.05) is 0 Å². The number of rotatable bonds is 4. The number of carbonyl (C=O) groups is 1. The maximum atomic E-state index is 11.7. The third kappa shape index (κ3) is 3.52. The first-order valence-corrected chi connectivity index (χ1v) is 8.30. The van der Waals surface area contributed by atoms with E-state index >= 15 is 0 Å². The third-order valence-corrected chi connectivity index (χ3v) is 4.45. The highest BCUT2D eigenvalue weighted by Crippen LogP contribution is 2.27.